The number of benzene rings is 1. The molecule has 1 aliphatic carbocycles. The Labute approximate surface area is 217 Å². The third kappa shape index (κ3) is 5.38. The molecule has 7 nitrogen and oxygen atoms in total. The van der Waals surface area contributed by atoms with Crippen LogP contribution in [-0.4, -0.2) is 47.2 Å². The fraction of sp³-hybridized carbons (Fsp3) is 0.480. The molecule has 1 saturated heterocycles. The Bertz CT molecular complexity index is 1280. The molecule has 0 unspecified atom stereocenters. The minimum atomic E-state index is -4.98. The number of carbonyl (C=O) groups excluding carboxylic acids is 2. The summed E-state index contributed by atoms with van der Waals surface area (Å²) in [5, 5.41) is 2.34. The molecule has 0 bridgehead atoms. The van der Waals surface area contributed by atoms with Crippen molar-refractivity contribution in [3.8, 4) is 5.75 Å². The van der Waals surface area contributed by atoms with E-state index >= 15 is 0 Å². The Morgan fingerprint density at radius 3 is 2.46 bits per heavy atom. The number of hydrogen-bond acceptors (Lipinski definition) is 5. The lowest BCUT2D eigenvalue weighted by atomic mass is 9.76. The molecule has 39 heavy (non-hydrogen) atoms. The van der Waals surface area contributed by atoms with Gasteiger partial charge in [-0.25, -0.2) is 13.2 Å². The van der Waals surface area contributed by atoms with Gasteiger partial charge in [0, 0.05) is 48.0 Å². The molecule has 14 heteroatoms. The van der Waals surface area contributed by atoms with Crippen LogP contribution in [0, 0.1) is 23.5 Å². The Balaban J connectivity index is 1.71. The van der Waals surface area contributed by atoms with Crippen LogP contribution in [0.15, 0.2) is 30.5 Å². The summed E-state index contributed by atoms with van der Waals surface area (Å²) in [6.45, 7) is 1.43. The summed E-state index contributed by atoms with van der Waals surface area (Å²) in [5.74, 6) is -12.3. The van der Waals surface area contributed by atoms with Crippen LogP contribution in [0.1, 0.15) is 48.7 Å². The van der Waals surface area contributed by atoms with Gasteiger partial charge in [-0.15, -0.1) is 0 Å². The molecule has 0 spiro atoms. The Morgan fingerprint density at radius 1 is 1.21 bits per heavy atom. The van der Waals surface area contributed by atoms with Crippen molar-refractivity contribution in [3.05, 3.63) is 53.4 Å². The molecule has 0 radical (unpaired) electrons. The standard InChI is InChI=1S/C25H24F7N3O4/c1-11-17(14-3-4-15(26)18(27)19(14)38-10-12-8-24(28,29)9-12)20(39-23(11,2)25(30,31)32)22(37)35-13-5-6-34-16(7-13)21(33)36/h3-7,11-12,17,20H,8-10H2,1-2H3,(H2,33,36)(H,34,35,37)/t11-,17+,20+,23+/m1/s1. The Morgan fingerprint density at radius 2 is 1.87 bits per heavy atom. The van der Waals surface area contributed by atoms with Crippen LogP contribution in [0.25, 0.3) is 0 Å². The van der Waals surface area contributed by atoms with Crippen molar-refractivity contribution in [2.45, 2.75) is 56.4 Å². The van der Waals surface area contributed by atoms with Crippen LogP contribution < -0.4 is 15.8 Å². The number of nitrogens with two attached hydrogens (primary N) is 1. The first-order valence-corrected chi connectivity index (χ1v) is 11.8. The van der Waals surface area contributed by atoms with Crippen LogP contribution in [0.2, 0.25) is 0 Å². The van der Waals surface area contributed by atoms with Crippen LogP contribution in [0.5, 0.6) is 5.75 Å². The SMILES string of the molecule is C[C@@H]1[C@@H](c2ccc(F)c(F)c2OCC2CC(F)(F)C2)[C@@H](C(=O)Nc2ccnc(C(N)=O)c2)O[C@]1(C)C(F)(F)F. The van der Waals surface area contributed by atoms with E-state index in [-0.39, 0.29) is 16.9 Å². The van der Waals surface area contributed by atoms with Gasteiger partial charge in [0.25, 0.3) is 11.8 Å². The molecule has 2 heterocycles. The average Bonchev–Trinajstić information content (AvgIpc) is 3.10. The van der Waals surface area contributed by atoms with Crippen molar-refractivity contribution < 1.29 is 49.8 Å². The van der Waals surface area contributed by atoms with E-state index in [9.17, 15) is 40.3 Å². The zero-order chi connectivity index (χ0) is 28.9. The van der Waals surface area contributed by atoms with Gasteiger partial charge >= 0.3 is 6.18 Å². The van der Waals surface area contributed by atoms with Crippen molar-refractivity contribution in [2.24, 2.45) is 17.6 Å². The molecule has 2 aromatic rings. The van der Waals surface area contributed by atoms with E-state index in [1.54, 1.807) is 0 Å². The highest BCUT2D eigenvalue weighted by Crippen LogP contribution is 2.55. The largest absolute Gasteiger partial charge is 0.490 e. The van der Waals surface area contributed by atoms with Gasteiger partial charge < -0.3 is 20.5 Å². The molecule has 4 atom stereocenters. The van der Waals surface area contributed by atoms with Gasteiger partial charge in [0.2, 0.25) is 11.7 Å². The zero-order valence-corrected chi connectivity index (χ0v) is 20.6. The number of anilines is 1. The van der Waals surface area contributed by atoms with Crippen molar-refractivity contribution in [3.63, 3.8) is 0 Å². The highest BCUT2D eigenvalue weighted by molar-refractivity contribution is 5.97. The average molecular weight is 563 g/mol. The number of carbonyl (C=O) groups is 2. The van der Waals surface area contributed by atoms with E-state index in [0.717, 1.165) is 32.2 Å². The molecule has 1 aromatic heterocycles. The number of aromatic nitrogens is 1. The summed E-state index contributed by atoms with van der Waals surface area (Å²) in [6, 6.07) is 3.99. The summed E-state index contributed by atoms with van der Waals surface area (Å²) < 4.78 is 109. The Kier molecular flexibility index (Phi) is 7.30. The van der Waals surface area contributed by atoms with Gasteiger partial charge in [-0.3, -0.25) is 14.6 Å². The second kappa shape index (κ2) is 9.96. The van der Waals surface area contributed by atoms with E-state index in [1.165, 1.54) is 6.07 Å². The molecular weight excluding hydrogens is 539 g/mol. The maximum Gasteiger partial charge on any atom is 0.417 e. The number of hydrogen-bond donors (Lipinski definition) is 2. The molecular formula is C25H24F7N3O4. The van der Waals surface area contributed by atoms with Crippen LogP contribution in [-0.2, 0) is 9.53 Å². The molecule has 1 saturated carbocycles. The van der Waals surface area contributed by atoms with E-state index in [4.69, 9.17) is 15.2 Å². The second-order valence-electron chi connectivity index (χ2n) is 9.96. The zero-order valence-electron chi connectivity index (χ0n) is 20.6. The summed E-state index contributed by atoms with van der Waals surface area (Å²) in [7, 11) is 0. The van der Waals surface area contributed by atoms with E-state index in [0.29, 0.717) is 6.07 Å². The number of pyridine rings is 1. The number of nitrogens with zero attached hydrogens (tertiary/aromatic N) is 1. The number of ether oxygens (including phenoxy) is 2. The second-order valence-corrected chi connectivity index (χ2v) is 9.96. The smallest absolute Gasteiger partial charge is 0.417 e. The number of primary amides is 1. The minimum Gasteiger partial charge on any atom is -0.490 e. The summed E-state index contributed by atoms with van der Waals surface area (Å²) >= 11 is 0. The third-order valence-corrected chi connectivity index (χ3v) is 7.28. The first-order valence-electron chi connectivity index (χ1n) is 11.8. The fourth-order valence-corrected chi connectivity index (χ4v) is 4.94. The lowest BCUT2D eigenvalue weighted by Crippen LogP contribution is -2.47. The number of halogens is 7. The third-order valence-electron chi connectivity index (χ3n) is 7.28. The Hall–Kier alpha value is -3.42. The molecule has 1 aromatic carbocycles. The highest BCUT2D eigenvalue weighted by atomic mass is 19.4. The number of alkyl halides is 5. The molecule has 3 N–H and O–H groups in total. The van der Waals surface area contributed by atoms with E-state index in [1.807, 2.05) is 0 Å². The summed E-state index contributed by atoms with van der Waals surface area (Å²) in [5.41, 5.74) is 1.71. The number of amides is 2. The first-order chi connectivity index (χ1) is 18.0. The van der Waals surface area contributed by atoms with Gasteiger partial charge in [0.15, 0.2) is 17.2 Å². The van der Waals surface area contributed by atoms with Crippen LogP contribution >= 0.6 is 0 Å². The minimum absolute atomic E-state index is 0.0351. The van der Waals surface area contributed by atoms with Gasteiger partial charge in [-0.2, -0.15) is 17.6 Å². The highest BCUT2D eigenvalue weighted by Gasteiger charge is 2.66. The molecule has 2 amide bonds. The lowest BCUT2D eigenvalue weighted by molar-refractivity contribution is -0.272. The summed E-state index contributed by atoms with van der Waals surface area (Å²) in [4.78, 5) is 28.4. The lowest BCUT2D eigenvalue weighted by Gasteiger charge is -2.35. The van der Waals surface area contributed by atoms with Crippen LogP contribution in [0.4, 0.5) is 36.4 Å². The topological polar surface area (TPSA) is 104 Å². The van der Waals surface area contributed by atoms with Crippen LogP contribution in [0.3, 0.4) is 0 Å². The van der Waals surface area contributed by atoms with Crippen molar-refractivity contribution in [2.75, 3.05) is 11.9 Å². The monoisotopic (exact) mass is 563 g/mol. The summed E-state index contributed by atoms with van der Waals surface area (Å²) in [6.07, 6.45) is -6.82. The fourth-order valence-electron chi connectivity index (χ4n) is 4.94. The maximum absolute atomic E-state index is 14.9. The molecule has 4 rings (SSSR count). The van der Waals surface area contributed by atoms with Crippen molar-refractivity contribution >= 4 is 17.5 Å². The van der Waals surface area contributed by atoms with Gasteiger partial charge in [-0.05, 0) is 25.1 Å². The number of rotatable bonds is 7. The maximum atomic E-state index is 14.9. The molecule has 2 fully saturated rings. The molecule has 2 aliphatic rings. The van der Waals surface area contributed by atoms with E-state index < -0.39 is 90.2 Å². The molecule has 1 aliphatic heterocycles. The van der Waals surface area contributed by atoms with Crippen molar-refractivity contribution in [1.82, 2.24) is 4.98 Å². The predicted octanol–water partition coefficient (Wildman–Crippen LogP) is 4.96. The van der Waals surface area contributed by atoms with Crippen molar-refractivity contribution in [1.29, 1.82) is 0 Å². The van der Waals surface area contributed by atoms with Gasteiger partial charge in [0.05, 0.1) is 6.61 Å². The normalized spacial score (nSPS) is 26.6. The van der Waals surface area contributed by atoms with Gasteiger partial charge in [0.1, 0.15) is 11.8 Å². The first kappa shape index (κ1) is 28.6. The number of nitrogens with one attached hydrogen (secondary N) is 1. The van der Waals surface area contributed by atoms with Gasteiger partial charge in [-0.1, -0.05) is 13.0 Å². The van der Waals surface area contributed by atoms with E-state index in [2.05, 4.69) is 10.3 Å². The molecule has 212 valence electrons. The predicted molar refractivity (Wildman–Crippen MR) is 122 cm³/mol. The quantitative estimate of drug-likeness (QED) is 0.464.